The van der Waals surface area contributed by atoms with Crippen LogP contribution >= 0.6 is 0 Å². The highest BCUT2D eigenvalue weighted by Crippen LogP contribution is 2.28. The zero-order valence-electron chi connectivity index (χ0n) is 13.6. The summed E-state index contributed by atoms with van der Waals surface area (Å²) in [6.45, 7) is 2.67. The fraction of sp³-hybridized carbons (Fsp3) is 0.200. The number of aromatic nitrogens is 1. The van der Waals surface area contributed by atoms with E-state index in [-0.39, 0.29) is 10.8 Å². The number of nitrogens with one attached hydrogen (secondary N) is 2. The fourth-order valence-electron chi connectivity index (χ4n) is 2.02. The first-order valence-corrected chi connectivity index (χ1v) is 8.43. The van der Waals surface area contributed by atoms with Gasteiger partial charge in [-0.2, -0.15) is 0 Å². The Kier molecular flexibility index (Phi) is 5.21. The molecule has 0 saturated carbocycles. The lowest BCUT2D eigenvalue weighted by atomic mass is 10.2. The van der Waals surface area contributed by atoms with Crippen LogP contribution in [0.4, 0.5) is 20.2 Å². The second-order valence-electron chi connectivity index (χ2n) is 5.07. The Bertz CT molecular complexity index is 933. The van der Waals surface area contributed by atoms with Crippen LogP contribution in [0.3, 0.4) is 0 Å². The van der Waals surface area contributed by atoms with Gasteiger partial charge in [0.15, 0.2) is 5.82 Å². The fourth-order valence-corrected chi connectivity index (χ4v) is 3.11. The molecule has 1 aromatic heterocycles. The molecule has 1 amide bonds. The molecule has 134 valence electrons. The molecule has 2 rings (SSSR count). The summed E-state index contributed by atoms with van der Waals surface area (Å²) in [6.07, 6.45) is 1.05. The molecule has 0 saturated heterocycles. The maximum Gasteiger partial charge on any atom is 0.263 e. The molecule has 2 aromatic rings. The number of hydrogen-bond donors (Lipinski definition) is 2. The number of amides is 1. The summed E-state index contributed by atoms with van der Waals surface area (Å²) in [5.41, 5.74) is -0.792. The van der Waals surface area contributed by atoms with Gasteiger partial charge in [-0.05, 0) is 25.1 Å². The van der Waals surface area contributed by atoms with Gasteiger partial charge in [-0.25, -0.2) is 22.2 Å². The van der Waals surface area contributed by atoms with Crippen molar-refractivity contribution in [3.8, 4) is 5.88 Å². The van der Waals surface area contributed by atoms with Gasteiger partial charge < -0.3 is 10.1 Å². The molecule has 0 spiro atoms. The lowest BCUT2D eigenvalue weighted by Crippen LogP contribution is -2.16. The molecule has 0 aliphatic heterocycles. The van der Waals surface area contributed by atoms with Crippen LogP contribution in [0.2, 0.25) is 0 Å². The van der Waals surface area contributed by atoms with Crippen molar-refractivity contribution in [2.24, 2.45) is 0 Å². The van der Waals surface area contributed by atoms with Crippen LogP contribution in [0, 0.1) is 18.6 Å². The maximum atomic E-state index is 14.3. The summed E-state index contributed by atoms with van der Waals surface area (Å²) in [5.74, 6) is -2.72. The van der Waals surface area contributed by atoms with Gasteiger partial charge in [-0.15, -0.1) is 0 Å². The van der Waals surface area contributed by atoms with E-state index in [0.717, 1.165) is 25.3 Å². The Labute approximate surface area is 143 Å². The number of sulfonamides is 1. The molecular weight excluding hydrogens is 356 g/mol. The Hall–Kier alpha value is -2.75. The van der Waals surface area contributed by atoms with Gasteiger partial charge in [0, 0.05) is 12.5 Å². The van der Waals surface area contributed by atoms with Crippen LogP contribution in [0.25, 0.3) is 0 Å². The minimum absolute atomic E-state index is 0.226. The SMILES string of the molecule is COc1ncc(S(=O)(=O)Nc2ccc(F)c(NC(C)=O)c2F)cc1C. The van der Waals surface area contributed by atoms with Gasteiger partial charge >= 0.3 is 0 Å². The van der Waals surface area contributed by atoms with Crippen LogP contribution in [0.5, 0.6) is 5.88 Å². The molecule has 0 fully saturated rings. The van der Waals surface area contributed by atoms with E-state index in [1.54, 1.807) is 6.92 Å². The zero-order valence-corrected chi connectivity index (χ0v) is 14.4. The number of carbonyl (C=O) groups excluding carboxylic acids is 1. The normalized spacial score (nSPS) is 11.1. The number of pyridine rings is 1. The highest BCUT2D eigenvalue weighted by molar-refractivity contribution is 7.92. The zero-order chi connectivity index (χ0) is 18.8. The van der Waals surface area contributed by atoms with E-state index in [9.17, 15) is 22.0 Å². The summed E-state index contributed by atoms with van der Waals surface area (Å²) in [4.78, 5) is 14.6. The van der Waals surface area contributed by atoms with E-state index < -0.39 is 38.9 Å². The van der Waals surface area contributed by atoms with Gasteiger partial charge in [0.05, 0.1) is 19.0 Å². The van der Waals surface area contributed by atoms with Crippen LogP contribution in [0.15, 0.2) is 29.3 Å². The summed E-state index contributed by atoms with van der Waals surface area (Å²) in [7, 11) is -2.80. The summed E-state index contributed by atoms with van der Waals surface area (Å²) >= 11 is 0. The Morgan fingerprint density at radius 1 is 1.28 bits per heavy atom. The van der Waals surface area contributed by atoms with Gasteiger partial charge in [0.1, 0.15) is 16.4 Å². The largest absolute Gasteiger partial charge is 0.481 e. The number of carbonyl (C=O) groups is 1. The summed E-state index contributed by atoms with van der Waals surface area (Å²) < 4.78 is 59.7. The smallest absolute Gasteiger partial charge is 0.263 e. The molecule has 0 bridgehead atoms. The number of hydrogen-bond acceptors (Lipinski definition) is 5. The molecule has 0 aliphatic rings. The number of aryl methyl sites for hydroxylation is 1. The molecule has 0 aliphatic carbocycles. The molecule has 1 aromatic carbocycles. The van der Waals surface area contributed by atoms with E-state index >= 15 is 0 Å². The van der Waals surface area contributed by atoms with Gasteiger partial charge in [-0.1, -0.05) is 0 Å². The minimum Gasteiger partial charge on any atom is -0.481 e. The maximum absolute atomic E-state index is 14.3. The standard InChI is InChI=1S/C15H15F2N3O4S/c1-8-6-10(7-18-15(8)24-3)25(22,23)20-12-5-4-11(16)14(13(12)17)19-9(2)21/h4-7,20H,1-3H3,(H,19,21). The lowest BCUT2D eigenvalue weighted by molar-refractivity contribution is -0.114. The Balaban J connectivity index is 2.41. The van der Waals surface area contributed by atoms with Gasteiger partial charge in [-0.3, -0.25) is 9.52 Å². The van der Waals surface area contributed by atoms with Crippen LogP contribution in [-0.4, -0.2) is 26.4 Å². The number of anilines is 2. The van der Waals surface area contributed by atoms with E-state index in [0.29, 0.717) is 5.56 Å². The van der Waals surface area contributed by atoms with Crippen molar-refractivity contribution in [2.45, 2.75) is 18.7 Å². The molecule has 0 radical (unpaired) electrons. The molecular formula is C15H15F2N3O4S. The highest BCUT2D eigenvalue weighted by Gasteiger charge is 2.21. The summed E-state index contributed by atoms with van der Waals surface area (Å²) in [5, 5.41) is 1.98. The van der Waals surface area contributed by atoms with Crippen molar-refractivity contribution in [1.29, 1.82) is 0 Å². The van der Waals surface area contributed by atoms with E-state index in [4.69, 9.17) is 4.74 Å². The second-order valence-corrected chi connectivity index (χ2v) is 6.75. The van der Waals surface area contributed by atoms with Crippen molar-refractivity contribution >= 4 is 27.3 Å². The van der Waals surface area contributed by atoms with Crippen molar-refractivity contribution in [3.05, 3.63) is 41.6 Å². The molecule has 7 nitrogen and oxygen atoms in total. The van der Waals surface area contributed by atoms with Crippen LogP contribution < -0.4 is 14.8 Å². The third-order valence-corrected chi connectivity index (χ3v) is 4.48. The number of halogens is 2. The molecule has 0 unspecified atom stereocenters. The van der Waals surface area contributed by atoms with E-state index in [1.165, 1.54) is 13.2 Å². The van der Waals surface area contributed by atoms with Gasteiger partial charge in [0.25, 0.3) is 10.0 Å². The van der Waals surface area contributed by atoms with Crippen molar-refractivity contribution < 1.29 is 26.7 Å². The third-order valence-electron chi connectivity index (χ3n) is 3.15. The van der Waals surface area contributed by atoms with E-state index in [2.05, 4.69) is 4.98 Å². The molecule has 1 heterocycles. The predicted octanol–water partition coefficient (Wildman–Crippen LogP) is 2.44. The van der Waals surface area contributed by atoms with Crippen LogP contribution in [-0.2, 0) is 14.8 Å². The Morgan fingerprint density at radius 2 is 1.96 bits per heavy atom. The first-order valence-electron chi connectivity index (χ1n) is 6.94. The molecule has 2 N–H and O–H groups in total. The number of nitrogens with zero attached hydrogens (tertiary/aromatic N) is 1. The quantitative estimate of drug-likeness (QED) is 0.841. The Morgan fingerprint density at radius 3 is 2.52 bits per heavy atom. The topological polar surface area (TPSA) is 97.4 Å². The molecule has 0 atom stereocenters. The van der Waals surface area contributed by atoms with Crippen molar-refractivity contribution in [1.82, 2.24) is 4.98 Å². The van der Waals surface area contributed by atoms with Crippen LogP contribution in [0.1, 0.15) is 12.5 Å². The lowest BCUT2D eigenvalue weighted by Gasteiger charge is -2.13. The van der Waals surface area contributed by atoms with E-state index in [1.807, 2.05) is 10.0 Å². The number of benzene rings is 1. The van der Waals surface area contributed by atoms with Crippen molar-refractivity contribution in [3.63, 3.8) is 0 Å². The number of rotatable bonds is 5. The second kappa shape index (κ2) is 7.01. The first-order chi connectivity index (χ1) is 11.7. The average molecular weight is 371 g/mol. The summed E-state index contributed by atoms with van der Waals surface area (Å²) in [6, 6.07) is 3.05. The third kappa shape index (κ3) is 4.02. The average Bonchev–Trinajstić information content (AvgIpc) is 2.54. The number of methoxy groups -OCH3 is 1. The molecule has 25 heavy (non-hydrogen) atoms. The minimum atomic E-state index is -4.18. The monoisotopic (exact) mass is 371 g/mol. The molecule has 10 heteroatoms. The highest BCUT2D eigenvalue weighted by atomic mass is 32.2. The number of ether oxygens (including phenoxy) is 1. The van der Waals surface area contributed by atoms with Gasteiger partial charge in [0.2, 0.25) is 11.8 Å². The first kappa shape index (κ1) is 18.6. The van der Waals surface area contributed by atoms with Crippen molar-refractivity contribution in [2.75, 3.05) is 17.1 Å². The predicted molar refractivity (Wildman–Crippen MR) is 87.0 cm³/mol.